The lowest BCUT2D eigenvalue weighted by atomic mass is 9.94. The topological polar surface area (TPSA) is 46.1 Å². The summed E-state index contributed by atoms with van der Waals surface area (Å²) >= 11 is 4.89. The molecule has 21 heavy (non-hydrogen) atoms. The number of aromatic nitrogens is 2. The van der Waals surface area contributed by atoms with Gasteiger partial charge in [-0.2, -0.15) is 0 Å². The van der Waals surface area contributed by atoms with E-state index in [1.54, 1.807) is 18.6 Å². The van der Waals surface area contributed by atoms with Gasteiger partial charge in [-0.3, -0.25) is 14.7 Å². The van der Waals surface area contributed by atoms with Crippen LogP contribution in [-0.2, 0) is 0 Å². The van der Waals surface area contributed by atoms with Gasteiger partial charge in [-0.05, 0) is 34.8 Å². The number of amides is 1. The third-order valence-electron chi connectivity index (χ3n) is 3.74. The third kappa shape index (κ3) is 3.32. The van der Waals surface area contributed by atoms with Crippen LogP contribution in [0.25, 0.3) is 0 Å². The lowest BCUT2D eigenvalue weighted by molar-refractivity contribution is 0.0970. The van der Waals surface area contributed by atoms with Crippen molar-refractivity contribution in [2.75, 3.05) is 4.90 Å². The fourth-order valence-corrected chi connectivity index (χ4v) is 3.83. The van der Waals surface area contributed by atoms with Gasteiger partial charge >= 0.3 is 0 Å². The molecule has 1 amide bonds. The van der Waals surface area contributed by atoms with Crippen LogP contribution in [0.2, 0.25) is 0 Å². The molecule has 110 valence electrons. The zero-order valence-corrected chi connectivity index (χ0v) is 13.9. The molecule has 3 rings (SSSR count). The predicted molar refractivity (Wildman–Crippen MR) is 87.7 cm³/mol. The Morgan fingerprint density at radius 1 is 1.29 bits per heavy atom. The smallest absolute Gasteiger partial charge is 0.261 e. The van der Waals surface area contributed by atoms with Gasteiger partial charge in [0.25, 0.3) is 5.91 Å². The summed E-state index contributed by atoms with van der Waals surface area (Å²) in [6.45, 7) is 0. The van der Waals surface area contributed by atoms with Crippen LogP contribution in [0.1, 0.15) is 42.5 Å². The van der Waals surface area contributed by atoms with E-state index in [1.165, 1.54) is 30.6 Å². The predicted octanol–water partition coefficient (Wildman–Crippen LogP) is 4.28. The molecule has 6 heteroatoms. The maximum absolute atomic E-state index is 12.9. The van der Waals surface area contributed by atoms with Crippen molar-refractivity contribution < 1.29 is 4.79 Å². The molecule has 0 spiro atoms. The van der Waals surface area contributed by atoms with Crippen molar-refractivity contribution >= 4 is 38.3 Å². The summed E-state index contributed by atoms with van der Waals surface area (Å²) in [5, 5.41) is 2.70. The zero-order chi connectivity index (χ0) is 14.7. The summed E-state index contributed by atoms with van der Waals surface area (Å²) in [7, 11) is 0. The second kappa shape index (κ2) is 6.66. The standard InChI is InChI=1S/C15H16BrN3OS/c16-12-8-11(9-17-10-12)14(20)19(15-18-6-7-21-15)13-4-2-1-3-5-13/h6-10,13H,1-5H2. The fraction of sp³-hybridized carbons (Fsp3) is 0.400. The minimum absolute atomic E-state index is 0.00866. The van der Waals surface area contributed by atoms with E-state index in [0.717, 1.165) is 22.4 Å². The highest BCUT2D eigenvalue weighted by atomic mass is 79.9. The molecule has 1 fully saturated rings. The fourth-order valence-electron chi connectivity index (χ4n) is 2.75. The van der Waals surface area contributed by atoms with Gasteiger partial charge < -0.3 is 0 Å². The quantitative estimate of drug-likeness (QED) is 0.815. The first-order valence-electron chi connectivity index (χ1n) is 7.09. The van der Waals surface area contributed by atoms with Crippen LogP contribution in [0.15, 0.2) is 34.5 Å². The molecule has 0 saturated heterocycles. The Bertz CT molecular complexity index is 611. The van der Waals surface area contributed by atoms with E-state index in [0.29, 0.717) is 5.56 Å². The number of halogens is 1. The Balaban J connectivity index is 1.93. The Morgan fingerprint density at radius 3 is 2.76 bits per heavy atom. The summed E-state index contributed by atoms with van der Waals surface area (Å²) in [6.07, 6.45) is 10.8. The van der Waals surface area contributed by atoms with E-state index >= 15 is 0 Å². The zero-order valence-electron chi connectivity index (χ0n) is 11.5. The number of nitrogens with zero attached hydrogens (tertiary/aromatic N) is 3. The highest BCUT2D eigenvalue weighted by Crippen LogP contribution is 2.30. The minimum atomic E-state index is -0.00866. The normalized spacial score (nSPS) is 15.9. The van der Waals surface area contributed by atoms with Gasteiger partial charge in [-0.1, -0.05) is 19.3 Å². The molecule has 0 unspecified atom stereocenters. The van der Waals surface area contributed by atoms with Crippen molar-refractivity contribution in [1.29, 1.82) is 0 Å². The number of carbonyl (C=O) groups is 1. The Morgan fingerprint density at radius 2 is 2.10 bits per heavy atom. The minimum Gasteiger partial charge on any atom is -0.281 e. The number of carbonyl (C=O) groups excluding carboxylic acids is 1. The molecule has 0 radical (unpaired) electrons. The average molecular weight is 366 g/mol. The van der Waals surface area contributed by atoms with E-state index in [2.05, 4.69) is 25.9 Å². The van der Waals surface area contributed by atoms with Crippen LogP contribution in [-0.4, -0.2) is 21.9 Å². The molecular weight excluding hydrogens is 350 g/mol. The van der Waals surface area contributed by atoms with Crippen molar-refractivity contribution in [3.8, 4) is 0 Å². The number of rotatable bonds is 3. The number of anilines is 1. The van der Waals surface area contributed by atoms with Gasteiger partial charge in [0.15, 0.2) is 5.13 Å². The SMILES string of the molecule is O=C(c1cncc(Br)c1)N(c1nccs1)C1CCCCC1. The molecule has 2 aromatic heterocycles. The summed E-state index contributed by atoms with van der Waals surface area (Å²) in [6, 6.07) is 2.06. The summed E-state index contributed by atoms with van der Waals surface area (Å²) in [5.41, 5.74) is 0.602. The monoisotopic (exact) mass is 365 g/mol. The molecule has 4 nitrogen and oxygen atoms in total. The van der Waals surface area contributed by atoms with Crippen molar-refractivity contribution in [1.82, 2.24) is 9.97 Å². The molecule has 0 N–H and O–H groups in total. The van der Waals surface area contributed by atoms with E-state index in [4.69, 9.17) is 0 Å². The van der Waals surface area contributed by atoms with E-state index < -0.39 is 0 Å². The molecule has 0 bridgehead atoms. The molecule has 0 atom stereocenters. The first-order chi connectivity index (χ1) is 10.3. The van der Waals surface area contributed by atoms with Crippen molar-refractivity contribution in [3.63, 3.8) is 0 Å². The van der Waals surface area contributed by atoms with Gasteiger partial charge in [0.1, 0.15) is 0 Å². The third-order valence-corrected chi connectivity index (χ3v) is 4.94. The number of hydrogen-bond donors (Lipinski definition) is 0. The highest BCUT2D eigenvalue weighted by molar-refractivity contribution is 9.10. The molecule has 0 aromatic carbocycles. The average Bonchev–Trinajstić information content (AvgIpc) is 3.02. The van der Waals surface area contributed by atoms with Gasteiger partial charge in [0.2, 0.25) is 0 Å². The number of pyridine rings is 1. The van der Waals surface area contributed by atoms with Gasteiger partial charge in [-0.15, -0.1) is 11.3 Å². The van der Waals surface area contributed by atoms with Crippen LogP contribution in [0, 0.1) is 0 Å². The maximum atomic E-state index is 12.9. The lowest BCUT2D eigenvalue weighted by Gasteiger charge is -2.32. The molecule has 1 aliphatic rings. The van der Waals surface area contributed by atoms with Crippen LogP contribution in [0.5, 0.6) is 0 Å². The Kier molecular flexibility index (Phi) is 4.65. The van der Waals surface area contributed by atoms with Crippen LogP contribution in [0.3, 0.4) is 0 Å². The van der Waals surface area contributed by atoms with Crippen molar-refractivity contribution in [2.45, 2.75) is 38.1 Å². The van der Waals surface area contributed by atoms with Crippen molar-refractivity contribution in [2.24, 2.45) is 0 Å². The number of hydrogen-bond acceptors (Lipinski definition) is 4. The first kappa shape index (κ1) is 14.7. The molecule has 2 heterocycles. The Hall–Kier alpha value is -1.27. The van der Waals surface area contributed by atoms with Crippen molar-refractivity contribution in [3.05, 3.63) is 40.1 Å². The molecule has 0 aliphatic heterocycles. The second-order valence-electron chi connectivity index (χ2n) is 5.17. The van der Waals surface area contributed by atoms with Crippen LogP contribution in [0.4, 0.5) is 5.13 Å². The van der Waals surface area contributed by atoms with E-state index in [1.807, 2.05) is 16.3 Å². The first-order valence-corrected chi connectivity index (χ1v) is 8.76. The van der Waals surface area contributed by atoms with Gasteiger partial charge in [-0.25, -0.2) is 4.98 Å². The molecular formula is C15H16BrN3OS. The van der Waals surface area contributed by atoms with E-state index in [9.17, 15) is 4.79 Å². The summed E-state index contributed by atoms with van der Waals surface area (Å²) < 4.78 is 0.816. The number of thiazole rings is 1. The second-order valence-corrected chi connectivity index (χ2v) is 6.96. The summed E-state index contributed by atoms with van der Waals surface area (Å²) in [4.78, 5) is 23.2. The maximum Gasteiger partial charge on any atom is 0.261 e. The van der Waals surface area contributed by atoms with Crippen LogP contribution >= 0.6 is 27.3 Å². The van der Waals surface area contributed by atoms with E-state index in [-0.39, 0.29) is 11.9 Å². The molecule has 1 saturated carbocycles. The lowest BCUT2D eigenvalue weighted by Crippen LogP contribution is -2.41. The van der Waals surface area contributed by atoms with Crippen LogP contribution < -0.4 is 4.90 Å². The largest absolute Gasteiger partial charge is 0.281 e. The summed E-state index contributed by atoms with van der Waals surface area (Å²) in [5.74, 6) is -0.00866. The highest BCUT2D eigenvalue weighted by Gasteiger charge is 2.29. The molecule has 2 aromatic rings. The Labute approximate surface area is 136 Å². The molecule has 1 aliphatic carbocycles. The van der Waals surface area contributed by atoms with Gasteiger partial charge in [0.05, 0.1) is 5.56 Å². The van der Waals surface area contributed by atoms with Gasteiger partial charge in [0, 0.05) is 34.5 Å².